The highest BCUT2D eigenvalue weighted by atomic mass is 19.2. The average Bonchev–Trinajstić information content (AvgIpc) is 3.34. The maximum absolute atomic E-state index is 13.8. The molecule has 1 amide bonds. The van der Waals surface area contributed by atoms with Crippen molar-refractivity contribution in [2.24, 2.45) is 0 Å². The number of nitrogens with one attached hydrogen (secondary N) is 2. The molecular formula is C29H24F3N3O. The predicted octanol–water partition coefficient (Wildman–Crippen LogP) is 6.86. The van der Waals surface area contributed by atoms with Crippen molar-refractivity contribution in [1.29, 1.82) is 0 Å². The third kappa shape index (κ3) is 4.77. The minimum Gasteiger partial charge on any atom is -0.362 e. The fourth-order valence-electron chi connectivity index (χ4n) is 4.55. The Kier molecular flexibility index (Phi) is 6.14. The first-order chi connectivity index (χ1) is 17.3. The molecular weight excluding hydrogens is 463 g/mol. The van der Waals surface area contributed by atoms with Gasteiger partial charge in [-0.15, -0.1) is 0 Å². The van der Waals surface area contributed by atoms with E-state index in [0.717, 1.165) is 39.8 Å². The summed E-state index contributed by atoms with van der Waals surface area (Å²) in [5, 5.41) is 2.84. The van der Waals surface area contributed by atoms with Crippen LogP contribution >= 0.6 is 0 Å². The van der Waals surface area contributed by atoms with Crippen molar-refractivity contribution >= 4 is 28.9 Å². The van der Waals surface area contributed by atoms with Crippen molar-refractivity contribution in [3.05, 3.63) is 118 Å². The molecule has 182 valence electrons. The lowest BCUT2D eigenvalue weighted by molar-refractivity contribution is 0.102. The van der Waals surface area contributed by atoms with E-state index in [1.54, 1.807) is 18.2 Å². The van der Waals surface area contributed by atoms with Crippen molar-refractivity contribution in [3.63, 3.8) is 0 Å². The van der Waals surface area contributed by atoms with Crippen LogP contribution < -0.4 is 10.2 Å². The third-order valence-corrected chi connectivity index (χ3v) is 6.25. The fraction of sp³-hybridized carbons (Fsp3) is 0.138. The number of aryl methyl sites for hydroxylation is 2. The number of rotatable bonds is 5. The molecule has 7 heteroatoms. The monoisotopic (exact) mass is 487 g/mol. The molecule has 0 fully saturated rings. The van der Waals surface area contributed by atoms with Crippen molar-refractivity contribution in [3.8, 4) is 0 Å². The first-order valence-corrected chi connectivity index (χ1v) is 11.5. The number of hydrogen-bond acceptors (Lipinski definition) is 2. The van der Waals surface area contributed by atoms with Crippen LogP contribution in [-0.2, 0) is 6.54 Å². The van der Waals surface area contributed by atoms with E-state index in [9.17, 15) is 18.0 Å². The van der Waals surface area contributed by atoms with E-state index >= 15 is 0 Å². The van der Waals surface area contributed by atoms with E-state index in [4.69, 9.17) is 0 Å². The molecule has 2 heterocycles. The van der Waals surface area contributed by atoms with Gasteiger partial charge >= 0.3 is 0 Å². The van der Waals surface area contributed by atoms with Gasteiger partial charge in [-0.25, -0.2) is 13.2 Å². The molecule has 1 aliphatic heterocycles. The van der Waals surface area contributed by atoms with Crippen molar-refractivity contribution in [2.45, 2.75) is 20.4 Å². The predicted molar refractivity (Wildman–Crippen MR) is 136 cm³/mol. The van der Waals surface area contributed by atoms with E-state index in [1.807, 2.05) is 26.0 Å². The molecule has 36 heavy (non-hydrogen) atoms. The van der Waals surface area contributed by atoms with Gasteiger partial charge in [-0.3, -0.25) is 4.79 Å². The van der Waals surface area contributed by atoms with E-state index in [0.29, 0.717) is 24.3 Å². The molecule has 4 nitrogen and oxygen atoms in total. The van der Waals surface area contributed by atoms with Gasteiger partial charge in [0.25, 0.3) is 5.91 Å². The van der Waals surface area contributed by atoms with Gasteiger partial charge < -0.3 is 15.2 Å². The Morgan fingerprint density at radius 2 is 1.83 bits per heavy atom. The van der Waals surface area contributed by atoms with Gasteiger partial charge in [0.05, 0.1) is 0 Å². The fourth-order valence-corrected chi connectivity index (χ4v) is 4.55. The highest BCUT2D eigenvalue weighted by Gasteiger charge is 2.25. The topological polar surface area (TPSA) is 48.1 Å². The molecule has 3 aromatic carbocycles. The number of fused-ring (bicyclic) bond motifs is 1. The molecule has 0 radical (unpaired) electrons. The Labute approximate surface area is 207 Å². The Bertz CT molecular complexity index is 1510. The summed E-state index contributed by atoms with van der Waals surface area (Å²) in [5.74, 6) is -2.65. The molecule has 0 aliphatic carbocycles. The van der Waals surface area contributed by atoms with Crippen LogP contribution in [0, 0.1) is 31.3 Å². The summed E-state index contributed by atoms with van der Waals surface area (Å²) in [6, 6.07) is 17.1. The van der Waals surface area contributed by atoms with Gasteiger partial charge in [0.15, 0.2) is 11.6 Å². The third-order valence-electron chi connectivity index (χ3n) is 6.25. The molecule has 0 saturated heterocycles. The molecule has 4 aromatic rings. The lowest BCUT2D eigenvalue weighted by atomic mass is 10.0. The van der Waals surface area contributed by atoms with Crippen LogP contribution in [0.15, 0.2) is 66.7 Å². The van der Waals surface area contributed by atoms with Gasteiger partial charge in [0, 0.05) is 47.0 Å². The summed E-state index contributed by atoms with van der Waals surface area (Å²) in [6.45, 7) is 4.96. The molecule has 5 rings (SSSR count). The van der Waals surface area contributed by atoms with Crippen LogP contribution in [-0.4, -0.2) is 17.4 Å². The smallest absolute Gasteiger partial charge is 0.255 e. The van der Waals surface area contributed by atoms with Crippen LogP contribution in [0.3, 0.4) is 0 Å². The number of H-pyrrole nitrogens is 1. The Balaban J connectivity index is 1.49. The van der Waals surface area contributed by atoms with Crippen LogP contribution in [0.1, 0.15) is 38.4 Å². The van der Waals surface area contributed by atoms with Crippen molar-refractivity contribution in [1.82, 2.24) is 4.98 Å². The lowest BCUT2D eigenvalue weighted by Crippen LogP contribution is -2.19. The summed E-state index contributed by atoms with van der Waals surface area (Å²) < 4.78 is 40.8. The second-order valence-electron chi connectivity index (χ2n) is 9.02. The van der Waals surface area contributed by atoms with Gasteiger partial charge in [-0.05, 0) is 91.2 Å². The summed E-state index contributed by atoms with van der Waals surface area (Å²) in [5.41, 5.74) is 7.43. The normalized spacial score (nSPS) is 13.8. The van der Waals surface area contributed by atoms with Crippen LogP contribution in [0.25, 0.3) is 11.6 Å². The zero-order chi connectivity index (χ0) is 25.4. The quantitative estimate of drug-likeness (QED) is 0.323. The Morgan fingerprint density at radius 3 is 2.56 bits per heavy atom. The minimum atomic E-state index is -0.879. The highest BCUT2D eigenvalue weighted by molar-refractivity contribution is 6.05. The summed E-state index contributed by atoms with van der Waals surface area (Å²) in [6.07, 6.45) is 2.07. The first-order valence-electron chi connectivity index (χ1n) is 11.5. The number of aromatic amines is 1. The molecule has 0 saturated carbocycles. The number of benzene rings is 3. The molecule has 0 spiro atoms. The van der Waals surface area contributed by atoms with Gasteiger partial charge in [-0.2, -0.15) is 0 Å². The zero-order valence-corrected chi connectivity index (χ0v) is 19.8. The van der Waals surface area contributed by atoms with E-state index in [2.05, 4.69) is 27.3 Å². The SMILES string of the molecule is Cc1cc(C)c(C=C2CN(Cc3ccc(F)c(F)c3)c3ccc(NC(=O)c4cccc(F)c4)cc32)[nH]1. The second kappa shape index (κ2) is 9.41. The summed E-state index contributed by atoms with van der Waals surface area (Å²) in [4.78, 5) is 18.1. The summed E-state index contributed by atoms with van der Waals surface area (Å²) >= 11 is 0. The molecule has 1 aliphatic rings. The highest BCUT2D eigenvalue weighted by Crippen LogP contribution is 2.39. The van der Waals surface area contributed by atoms with E-state index < -0.39 is 23.4 Å². The van der Waals surface area contributed by atoms with Crippen LogP contribution in [0.4, 0.5) is 24.5 Å². The maximum Gasteiger partial charge on any atom is 0.255 e. The number of halogens is 3. The zero-order valence-electron chi connectivity index (χ0n) is 19.8. The number of nitrogens with zero attached hydrogens (tertiary/aromatic N) is 1. The minimum absolute atomic E-state index is 0.226. The number of amides is 1. The number of hydrogen-bond donors (Lipinski definition) is 2. The number of carbonyl (C=O) groups is 1. The number of aromatic nitrogens is 1. The van der Waals surface area contributed by atoms with Gasteiger partial charge in [0.2, 0.25) is 0 Å². The van der Waals surface area contributed by atoms with Crippen LogP contribution in [0.5, 0.6) is 0 Å². The molecule has 0 unspecified atom stereocenters. The first kappa shape index (κ1) is 23.5. The van der Waals surface area contributed by atoms with Crippen LogP contribution in [0.2, 0.25) is 0 Å². The van der Waals surface area contributed by atoms with Crippen molar-refractivity contribution < 1.29 is 18.0 Å². The largest absolute Gasteiger partial charge is 0.362 e. The van der Waals surface area contributed by atoms with E-state index in [-0.39, 0.29) is 5.56 Å². The molecule has 0 bridgehead atoms. The van der Waals surface area contributed by atoms with Crippen molar-refractivity contribution in [2.75, 3.05) is 16.8 Å². The molecule has 0 atom stereocenters. The standard InChI is InChI=1S/C29H24F3N3O/c1-17-10-18(2)33-27(17)13-21-16-35(15-19-6-8-25(31)26(32)11-19)28-9-7-23(14-24(21)28)34-29(36)20-4-3-5-22(30)12-20/h3-14,33H,15-16H2,1-2H3,(H,34,36). The number of carbonyl (C=O) groups excluding carboxylic acids is 1. The number of anilines is 2. The lowest BCUT2D eigenvalue weighted by Gasteiger charge is -2.19. The van der Waals surface area contributed by atoms with Gasteiger partial charge in [-0.1, -0.05) is 12.1 Å². The summed E-state index contributed by atoms with van der Waals surface area (Å²) in [7, 11) is 0. The Morgan fingerprint density at radius 1 is 1.00 bits per heavy atom. The van der Waals surface area contributed by atoms with Gasteiger partial charge in [0.1, 0.15) is 5.82 Å². The second-order valence-corrected chi connectivity index (χ2v) is 9.02. The molecule has 2 N–H and O–H groups in total. The Hall–Kier alpha value is -4.26. The van der Waals surface area contributed by atoms with E-state index in [1.165, 1.54) is 24.3 Å². The maximum atomic E-state index is 13.8. The average molecular weight is 488 g/mol. The molecule has 1 aromatic heterocycles.